The monoisotopic (exact) mass is 199 g/mol. The molecule has 0 aliphatic rings. The van der Waals surface area contributed by atoms with E-state index in [4.69, 9.17) is 10.5 Å². The van der Waals surface area contributed by atoms with Crippen LogP contribution in [0.25, 0.3) is 0 Å². The molecule has 0 radical (unpaired) electrons. The molecule has 1 rings (SSSR count). The lowest BCUT2D eigenvalue weighted by molar-refractivity contribution is 0.697. The van der Waals surface area contributed by atoms with Crippen molar-refractivity contribution in [1.29, 1.82) is 10.5 Å². The number of hydrogen-bond donors (Lipinski definition) is 0. The molecular formula is C12H13N3. The second kappa shape index (κ2) is 5.02. The van der Waals surface area contributed by atoms with E-state index in [0.29, 0.717) is 0 Å². The minimum Gasteiger partial charge on any atom is -0.340 e. The molecule has 0 N–H and O–H groups in total. The lowest BCUT2D eigenvalue weighted by atomic mass is 10.2. The molecule has 1 aromatic carbocycles. The van der Waals surface area contributed by atoms with Crippen LogP contribution in [0.1, 0.15) is 13.8 Å². The van der Waals surface area contributed by atoms with Gasteiger partial charge in [-0.25, -0.2) is 0 Å². The third-order valence-electron chi connectivity index (χ3n) is 2.26. The number of nitriles is 2. The molecule has 0 fully saturated rings. The fourth-order valence-corrected chi connectivity index (χ4v) is 1.51. The van der Waals surface area contributed by atoms with Gasteiger partial charge in [0.1, 0.15) is 12.1 Å². The first kappa shape index (κ1) is 11.1. The first-order valence-corrected chi connectivity index (χ1v) is 4.83. The van der Waals surface area contributed by atoms with Crippen LogP contribution in [0.15, 0.2) is 30.3 Å². The van der Waals surface area contributed by atoms with Gasteiger partial charge in [-0.15, -0.1) is 0 Å². The van der Waals surface area contributed by atoms with E-state index >= 15 is 0 Å². The maximum Gasteiger partial charge on any atom is 0.115 e. The number of rotatable bonds is 3. The Hall–Kier alpha value is -2.00. The van der Waals surface area contributed by atoms with Gasteiger partial charge in [0.05, 0.1) is 12.1 Å². The molecule has 0 saturated heterocycles. The Morgan fingerprint density at radius 3 is 1.87 bits per heavy atom. The van der Waals surface area contributed by atoms with Gasteiger partial charge < -0.3 is 4.90 Å². The lowest BCUT2D eigenvalue weighted by Crippen LogP contribution is -2.38. The topological polar surface area (TPSA) is 50.8 Å². The van der Waals surface area contributed by atoms with Gasteiger partial charge in [-0.3, -0.25) is 0 Å². The third-order valence-corrected chi connectivity index (χ3v) is 2.26. The van der Waals surface area contributed by atoms with Gasteiger partial charge in [0.2, 0.25) is 0 Å². The molecule has 3 heteroatoms. The van der Waals surface area contributed by atoms with Crippen LogP contribution in [0.5, 0.6) is 0 Å². The van der Waals surface area contributed by atoms with Gasteiger partial charge in [0.25, 0.3) is 0 Å². The minimum atomic E-state index is -0.304. The number of anilines is 1. The molecule has 0 aromatic heterocycles. The van der Waals surface area contributed by atoms with E-state index in [2.05, 4.69) is 12.1 Å². The van der Waals surface area contributed by atoms with Crippen molar-refractivity contribution in [3.05, 3.63) is 30.3 Å². The standard InChI is InChI=1S/C12H13N3/c1-10(8-13)15(11(2)9-14)12-6-4-3-5-7-12/h3-7,10-11H,1-2H3/t10-,11-/m0/s1. The highest BCUT2D eigenvalue weighted by Crippen LogP contribution is 2.18. The Morgan fingerprint density at radius 1 is 1.00 bits per heavy atom. The van der Waals surface area contributed by atoms with Crippen molar-refractivity contribution in [3.63, 3.8) is 0 Å². The van der Waals surface area contributed by atoms with Crippen molar-refractivity contribution >= 4 is 5.69 Å². The van der Waals surface area contributed by atoms with E-state index in [1.54, 1.807) is 18.7 Å². The van der Waals surface area contributed by atoms with E-state index < -0.39 is 0 Å². The maximum absolute atomic E-state index is 8.91. The van der Waals surface area contributed by atoms with E-state index in [-0.39, 0.29) is 12.1 Å². The molecule has 0 heterocycles. The molecule has 15 heavy (non-hydrogen) atoms. The normalized spacial score (nSPS) is 13.3. The summed E-state index contributed by atoms with van der Waals surface area (Å²) in [5.41, 5.74) is 0.903. The predicted molar refractivity (Wildman–Crippen MR) is 59.1 cm³/mol. The zero-order chi connectivity index (χ0) is 11.3. The zero-order valence-corrected chi connectivity index (χ0v) is 8.88. The van der Waals surface area contributed by atoms with Crippen LogP contribution in [0, 0.1) is 22.7 Å². The molecule has 76 valence electrons. The molecule has 1 aromatic rings. The maximum atomic E-state index is 8.91. The van der Waals surface area contributed by atoms with Crippen LogP contribution in [0.2, 0.25) is 0 Å². The SMILES string of the molecule is C[C@@H](C#N)N(c1ccccc1)[C@@H](C)C#N. The molecule has 0 amide bonds. The predicted octanol–water partition coefficient (Wildman–Crippen LogP) is 2.32. The van der Waals surface area contributed by atoms with Crippen molar-refractivity contribution < 1.29 is 0 Å². The fraction of sp³-hybridized carbons (Fsp3) is 0.333. The average Bonchev–Trinajstić information content (AvgIpc) is 2.30. The summed E-state index contributed by atoms with van der Waals surface area (Å²) in [6, 6.07) is 13.2. The summed E-state index contributed by atoms with van der Waals surface area (Å²) in [5.74, 6) is 0. The van der Waals surface area contributed by atoms with Crippen molar-refractivity contribution in [1.82, 2.24) is 0 Å². The highest BCUT2D eigenvalue weighted by molar-refractivity contribution is 5.50. The Morgan fingerprint density at radius 2 is 1.47 bits per heavy atom. The second-order valence-corrected chi connectivity index (χ2v) is 3.35. The fourth-order valence-electron chi connectivity index (χ4n) is 1.51. The van der Waals surface area contributed by atoms with E-state index in [9.17, 15) is 0 Å². The first-order valence-electron chi connectivity index (χ1n) is 4.83. The van der Waals surface area contributed by atoms with Crippen LogP contribution in [-0.2, 0) is 0 Å². The number of nitrogens with zero attached hydrogens (tertiary/aromatic N) is 3. The number of hydrogen-bond acceptors (Lipinski definition) is 3. The summed E-state index contributed by atoms with van der Waals surface area (Å²) in [7, 11) is 0. The van der Waals surface area contributed by atoms with Crippen molar-refractivity contribution in [3.8, 4) is 12.1 Å². The molecule has 0 aliphatic carbocycles. The molecule has 3 nitrogen and oxygen atoms in total. The van der Waals surface area contributed by atoms with Gasteiger partial charge in [-0.2, -0.15) is 10.5 Å². The summed E-state index contributed by atoms with van der Waals surface area (Å²) in [6.07, 6.45) is 0. The summed E-state index contributed by atoms with van der Waals surface area (Å²) < 4.78 is 0. The van der Waals surface area contributed by atoms with E-state index in [0.717, 1.165) is 5.69 Å². The van der Waals surface area contributed by atoms with Crippen molar-refractivity contribution in [2.24, 2.45) is 0 Å². The summed E-state index contributed by atoms with van der Waals surface area (Å²) in [6.45, 7) is 3.58. The Bertz CT molecular complexity index is 366. The first-order chi connectivity index (χ1) is 7.20. The van der Waals surface area contributed by atoms with Gasteiger partial charge in [-0.1, -0.05) is 18.2 Å². The van der Waals surface area contributed by atoms with Crippen LogP contribution in [0.4, 0.5) is 5.69 Å². The van der Waals surface area contributed by atoms with Crippen LogP contribution >= 0.6 is 0 Å². The van der Waals surface area contributed by atoms with Gasteiger partial charge >= 0.3 is 0 Å². The Kier molecular flexibility index (Phi) is 3.71. The summed E-state index contributed by atoms with van der Waals surface area (Å²) in [4.78, 5) is 1.81. The van der Waals surface area contributed by atoms with Gasteiger partial charge in [-0.05, 0) is 26.0 Å². The summed E-state index contributed by atoms with van der Waals surface area (Å²) >= 11 is 0. The highest BCUT2D eigenvalue weighted by Gasteiger charge is 2.19. The van der Waals surface area contributed by atoms with Crippen LogP contribution in [0.3, 0.4) is 0 Å². The van der Waals surface area contributed by atoms with Crippen molar-refractivity contribution in [2.75, 3.05) is 4.90 Å². The van der Waals surface area contributed by atoms with Crippen LogP contribution in [-0.4, -0.2) is 12.1 Å². The molecule has 0 unspecified atom stereocenters. The molecule has 0 saturated carbocycles. The van der Waals surface area contributed by atoms with E-state index in [1.165, 1.54) is 0 Å². The molecule has 0 spiro atoms. The molecule has 2 atom stereocenters. The van der Waals surface area contributed by atoms with E-state index in [1.807, 2.05) is 30.3 Å². The highest BCUT2D eigenvalue weighted by atomic mass is 15.2. The Balaban J connectivity index is 3.04. The lowest BCUT2D eigenvalue weighted by Gasteiger charge is -2.29. The van der Waals surface area contributed by atoms with Gasteiger partial charge in [0.15, 0.2) is 0 Å². The number of benzene rings is 1. The van der Waals surface area contributed by atoms with Crippen molar-refractivity contribution in [2.45, 2.75) is 25.9 Å². The smallest absolute Gasteiger partial charge is 0.115 e. The summed E-state index contributed by atoms with van der Waals surface area (Å²) in [5, 5.41) is 17.8. The largest absolute Gasteiger partial charge is 0.340 e. The quantitative estimate of drug-likeness (QED) is 0.750. The molecular weight excluding hydrogens is 186 g/mol. The zero-order valence-electron chi connectivity index (χ0n) is 8.88. The van der Waals surface area contributed by atoms with Crippen LogP contribution < -0.4 is 4.90 Å². The minimum absolute atomic E-state index is 0.304. The molecule has 0 bridgehead atoms. The third kappa shape index (κ3) is 2.48. The Labute approximate surface area is 90.2 Å². The second-order valence-electron chi connectivity index (χ2n) is 3.35. The van der Waals surface area contributed by atoms with Gasteiger partial charge in [0, 0.05) is 5.69 Å². The average molecular weight is 199 g/mol. The molecule has 0 aliphatic heterocycles. The number of para-hydroxylation sites is 1.